The van der Waals surface area contributed by atoms with E-state index in [1.54, 1.807) is 50.7 Å². The molecule has 0 saturated carbocycles. The van der Waals surface area contributed by atoms with Crippen LogP contribution in [0.15, 0.2) is 59.1 Å². The molecule has 29 heavy (non-hydrogen) atoms. The van der Waals surface area contributed by atoms with Crippen molar-refractivity contribution >= 4 is 22.8 Å². The number of nitrogens with zero attached hydrogens (tertiary/aromatic N) is 2. The highest BCUT2D eigenvalue weighted by Gasteiger charge is 2.17. The van der Waals surface area contributed by atoms with Gasteiger partial charge in [0.1, 0.15) is 11.5 Å². The van der Waals surface area contributed by atoms with Gasteiger partial charge in [0.15, 0.2) is 11.2 Å². The number of carbonyl (C=O) groups is 1. The molecular weight excluding hydrogens is 370 g/mol. The van der Waals surface area contributed by atoms with Crippen molar-refractivity contribution in [2.24, 2.45) is 0 Å². The Morgan fingerprint density at radius 3 is 2.69 bits per heavy atom. The number of hydrogen-bond acceptors (Lipinski definition) is 6. The number of rotatable bonds is 5. The fraction of sp³-hybridized carbons (Fsp3) is 0.136. The monoisotopic (exact) mass is 389 g/mol. The van der Waals surface area contributed by atoms with Crippen molar-refractivity contribution in [3.05, 3.63) is 65.9 Å². The molecule has 0 unspecified atom stereocenters. The third kappa shape index (κ3) is 3.50. The third-order valence-electron chi connectivity index (χ3n) is 4.52. The number of carbonyl (C=O) groups excluding carboxylic acids is 1. The molecule has 0 saturated heterocycles. The number of nitrogens with one attached hydrogen (secondary N) is 1. The molecule has 0 bridgehead atoms. The van der Waals surface area contributed by atoms with Gasteiger partial charge in [0.2, 0.25) is 5.89 Å². The second-order valence-corrected chi connectivity index (χ2v) is 6.37. The number of fused-ring (bicyclic) bond motifs is 1. The van der Waals surface area contributed by atoms with E-state index >= 15 is 0 Å². The summed E-state index contributed by atoms with van der Waals surface area (Å²) in [5, 5.41) is 2.89. The van der Waals surface area contributed by atoms with Crippen molar-refractivity contribution in [3.8, 4) is 23.0 Å². The van der Waals surface area contributed by atoms with Crippen LogP contribution in [0.3, 0.4) is 0 Å². The van der Waals surface area contributed by atoms with E-state index in [4.69, 9.17) is 13.9 Å². The number of ether oxygens (including phenoxy) is 2. The molecule has 0 aliphatic carbocycles. The summed E-state index contributed by atoms with van der Waals surface area (Å²) in [6, 6.07) is 14.3. The fourth-order valence-corrected chi connectivity index (χ4v) is 3.12. The molecule has 4 aromatic rings. The van der Waals surface area contributed by atoms with Gasteiger partial charge in [-0.2, -0.15) is 4.98 Å². The number of anilines is 1. The number of pyridine rings is 1. The maximum atomic E-state index is 12.9. The minimum Gasteiger partial charge on any atom is -0.496 e. The van der Waals surface area contributed by atoms with E-state index < -0.39 is 0 Å². The molecule has 0 fully saturated rings. The topological polar surface area (TPSA) is 86.5 Å². The van der Waals surface area contributed by atoms with Crippen LogP contribution >= 0.6 is 0 Å². The molecule has 2 aromatic heterocycles. The number of aryl methyl sites for hydroxylation is 1. The zero-order chi connectivity index (χ0) is 20.4. The standard InChI is InChI=1S/C22H19N3O4/c1-13-6-4-7-15(19(13)28-3)21(26)24-16-12-14(9-10-17(16)27-2)22-25-20-18(29-22)8-5-11-23-20/h4-12H,1-3H3,(H,24,26). The van der Waals surface area contributed by atoms with Gasteiger partial charge in [-0.3, -0.25) is 4.79 Å². The number of oxazole rings is 1. The molecule has 4 rings (SSSR count). The molecule has 2 aromatic carbocycles. The summed E-state index contributed by atoms with van der Waals surface area (Å²) < 4.78 is 16.6. The Hall–Kier alpha value is -3.87. The molecule has 7 nitrogen and oxygen atoms in total. The number of hydrogen-bond donors (Lipinski definition) is 1. The van der Waals surface area contributed by atoms with Crippen molar-refractivity contribution < 1.29 is 18.7 Å². The second-order valence-electron chi connectivity index (χ2n) is 6.37. The lowest BCUT2D eigenvalue weighted by Gasteiger charge is -2.14. The highest BCUT2D eigenvalue weighted by atomic mass is 16.5. The maximum absolute atomic E-state index is 12.9. The summed E-state index contributed by atoms with van der Waals surface area (Å²) in [5.41, 5.74) is 3.61. The number of benzene rings is 2. The van der Waals surface area contributed by atoms with E-state index in [9.17, 15) is 4.79 Å². The Morgan fingerprint density at radius 1 is 1.07 bits per heavy atom. The summed E-state index contributed by atoms with van der Waals surface area (Å²) in [4.78, 5) is 21.5. The minimum atomic E-state index is -0.305. The first-order valence-electron chi connectivity index (χ1n) is 8.95. The van der Waals surface area contributed by atoms with Gasteiger partial charge in [-0.1, -0.05) is 12.1 Å². The van der Waals surface area contributed by atoms with Crippen LogP contribution < -0.4 is 14.8 Å². The Morgan fingerprint density at radius 2 is 1.93 bits per heavy atom. The molecule has 2 heterocycles. The lowest BCUT2D eigenvalue weighted by atomic mass is 10.1. The summed E-state index contributed by atoms with van der Waals surface area (Å²) in [7, 11) is 3.09. The quantitative estimate of drug-likeness (QED) is 0.542. The van der Waals surface area contributed by atoms with Crippen LogP contribution in [-0.2, 0) is 0 Å². The molecule has 146 valence electrons. The first-order valence-corrected chi connectivity index (χ1v) is 8.95. The van der Waals surface area contributed by atoms with Gasteiger partial charge < -0.3 is 19.2 Å². The van der Waals surface area contributed by atoms with Gasteiger partial charge in [-0.05, 0) is 48.9 Å². The van der Waals surface area contributed by atoms with Crippen molar-refractivity contribution in [1.29, 1.82) is 0 Å². The van der Waals surface area contributed by atoms with E-state index in [2.05, 4.69) is 15.3 Å². The van der Waals surface area contributed by atoms with Gasteiger partial charge >= 0.3 is 0 Å². The van der Waals surface area contributed by atoms with Gasteiger partial charge in [0, 0.05) is 11.8 Å². The highest BCUT2D eigenvalue weighted by Crippen LogP contribution is 2.32. The normalized spacial score (nSPS) is 10.7. The molecule has 0 spiro atoms. The van der Waals surface area contributed by atoms with Gasteiger partial charge in [-0.15, -0.1) is 0 Å². The van der Waals surface area contributed by atoms with Gasteiger partial charge in [0.05, 0.1) is 25.5 Å². The molecule has 0 aliphatic heterocycles. The van der Waals surface area contributed by atoms with E-state index in [0.29, 0.717) is 45.4 Å². The Bertz CT molecular complexity index is 1170. The van der Waals surface area contributed by atoms with Crippen LogP contribution in [0.1, 0.15) is 15.9 Å². The highest BCUT2D eigenvalue weighted by molar-refractivity contribution is 6.07. The summed E-state index contributed by atoms with van der Waals surface area (Å²) >= 11 is 0. The first kappa shape index (κ1) is 18.5. The van der Waals surface area contributed by atoms with E-state index in [0.717, 1.165) is 5.56 Å². The molecule has 0 radical (unpaired) electrons. The largest absolute Gasteiger partial charge is 0.496 e. The Labute approximate surface area is 167 Å². The van der Waals surface area contributed by atoms with Crippen LogP contribution in [0.4, 0.5) is 5.69 Å². The van der Waals surface area contributed by atoms with Crippen LogP contribution in [-0.4, -0.2) is 30.1 Å². The van der Waals surface area contributed by atoms with Crippen molar-refractivity contribution in [2.75, 3.05) is 19.5 Å². The van der Waals surface area contributed by atoms with E-state index in [1.165, 1.54) is 0 Å². The van der Waals surface area contributed by atoms with Crippen LogP contribution in [0.5, 0.6) is 11.5 Å². The van der Waals surface area contributed by atoms with Gasteiger partial charge in [-0.25, -0.2) is 4.98 Å². The Balaban J connectivity index is 1.71. The van der Waals surface area contributed by atoms with E-state index in [1.807, 2.05) is 25.1 Å². The predicted octanol–water partition coefficient (Wildman–Crippen LogP) is 4.47. The summed E-state index contributed by atoms with van der Waals surface area (Å²) in [6.45, 7) is 1.89. The van der Waals surface area contributed by atoms with Gasteiger partial charge in [0.25, 0.3) is 5.91 Å². The second kappa shape index (κ2) is 7.63. The third-order valence-corrected chi connectivity index (χ3v) is 4.52. The lowest BCUT2D eigenvalue weighted by Crippen LogP contribution is -2.14. The molecule has 0 aliphatic rings. The first-order chi connectivity index (χ1) is 14.1. The zero-order valence-electron chi connectivity index (χ0n) is 16.2. The summed E-state index contributed by atoms with van der Waals surface area (Å²) in [5.74, 6) is 1.15. The van der Waals surface area contributed by atoms with Crippen LogP contribution in [0.25, 0.3) is 22.7 Å². The molecule has 0 atom stereocenters. The zero-order valence-corrected chi connectivity index (χ0v) is 16.2. The maximum Gasteiger partial charge on any atom is 0.259 e. The number of para-hydroxylation sites is 1. The molecule has 1 N–H and O–H groups in total. The smallest absolute Gasteiger partial charge is 0.259 e. The predicted molar refractivity (Wildman–Crippen MR) is 109 cm³/mol. The number of aromatic nitrogens is 2. The molecular formula is C22H19N3O4. The lowest BCUT2D eigenvalue weighted by molar-refractivity contribution is 0.102. The van der Waals surface area contributed by atoms with Crippen LogP contribution in [0, 0.1) is 6.92 Å². The Kier molecular flexibility index (Phi) is 4.87. The van der Waals surface area contributed by atoms with Crippen molar-refractivity contribution in [1.82, 2.24) is 9.97 Å². The molecule has 7 heteroatoms. The van der Waals surface area contributed by atoms with Crippen molar-refractivity contribution in [3.63, 3.8) is 0 Å². The van der Waals surface area contributed by atoms with Crippen LogP contribution in [0.2, 0.25) is 0 Å². The van der Waals surface area contributed by atoms with E-state index in [-0.39, 0.29) is 5.91 Å². The summed E-state index contributed by atoms with van der Waals surface area (Å²) in [6.07, 6.45) is 1.66. The number of amides is 1. The molecule has 1 amide bonds. The SMILES string of the molecule is COc1ccc(-c2nc3ncccc3o2)cc1NC(=O)c1cccc(C)c1OC. The number of methoxy groups -OCH3 is 2. The minimum absolute atomic E-state index is 0.305. The average molecular weight is 389 g/mol. The average Bonchev–Trinajstić information content (AvgIpc) is 3.17. The van der Waals surface area contributed by atoms with Crippen molar-refractivity contribution in [2.45, 2.75) is 6.92 Å². The fourth-order valence-electron chi connectivity index (χ4n) is 3.12.